The molecule has 0 saturated heterocycles. The molecule has 1 heterocycles. The van der Waals surface area contributed by atoms with Crippen molar-refractivity contribution >= 4 is 0 Å². The number of rotatable bonds is 7. The lowest BCUT2D eigenvalue weighted by Crippen LogP contribution is -2.29. The minimum atomic E-state index is 0.613. The fourth-order valence-corrected chi connectivity index (χ4v) is 1.33. The molecule has 0 aliphatic rings. The van der Waals surface area contributed by atoms with Gasteiger partial charge >= 0.3 is 0 Å². The smallest absolute Gasteiger partial charge is 0.121 e. The Morgan fingerprint density at radius 3 is 2.69 bits per heavy atom. The highest BCUT2D eigenvalue weighted by atomic mass is 16.6. The van der Waals surface area contributed by atoms with Crippen LogP contribution in [0.15, 0.2) is 4.63 Å². The molecule has 0 unspecified atom stereocenters. The Bertz CT molecular complexity index is 298. The Kier molecular flexibility index (Phi) is 5.42. The van der Waals surface area contributed by atoms with Gasteiger partial charge in [-0.3, -0.25) is 0 Å². The molecule has 0 fully saturated rings. The summed E-state index contributed by atoms with van der Waals surface area (Å²) in [5.41, 5.74) is 1.77. The minimum Gasteiger partial charge on any atom is -0.311 e. The van der Waals surface area contributed by atoms with Gasteiger partial charge < -0.3 is 10.2 Å². The standard InChI is InChI=1S/C11H22N4O/c1-9(2)15(4)7-5-6-12-8-11-10(3)13-16-14-11/h9,12H,5-8H2,1-4H3. The Morgan fingerprint density at radius 2 is 2.12 bits per heavy atom. The first-order chi connectivity index (χ1) is 7.61. The molecule has 0 aromatic carbocycles. The normalized spacial score (nSPS) is 11.6. The van der Waals surface area contributed by atoms with Crippen LogP contribution in [0.3, 0.4) is 0 Å². The molecule has 0 amide bonds. The van der Waals surface area contributed by atoms with E-state index in [0.29, 0.717) is 6.04 Å². The Morgan fingerprint density at radius 1 is 1.38 bits per heavy atom. The molecule has 16 heavy (non-hydrogen) atoms. The molecule has 1 rings (SSSR count). The van der Waals surface area contributed by atoms with Gasteiger partial charge in [0.25, 0.3) is 0 Å². The summed E-state index contributed by atoms with van der Waals surface area (Å²) in [5.74, 6) is 0. The summed E-state index contributed by atoms with van der Waals surface area (Å²) >= 11 is 0. The first-order valence-corrected chi connectivity index (χ1v) is 5.80. The van der Waals surface area contributed by atoms with Crippen molar-refractivity contribution in [1.82, 2.24) is 20.5 Å². The number of aryl methyl sites for hydroxylation is 1. The van der Waals surface area contributed by atoms with Crippen LogP contribution in [0.5, 0.6) is 0 Å². The number of hydrogen-bond donors (Lipinski definition) is 1. The lowest BCUT2D eigenvalue weighted by molar-refractivity contribution is 0.269. The van der Waals surface area contributed by atoms with Crippen molar-refractivity contribution in [1.29, 1.82) is 0 Å². The van der Waals surface area contributed by atoms with Gasteiger partial charge in [0.2, 0.25) is 0 Å². The van der Waals surface area contributed by atoms with Crippen molar-refractivity contribution in [3.63, 3.8) is 0 Å². The molecule has 0 saturated carbocycles. The van der Waals surface area contributed by atoms with Gasteiger partial charge in [0.05, 0.1) is 0 Å². The summed E-state index contributed by atoms with van der Waals surface area (Å²) in [5, 5.41) is 10.9. The Balaban J connectivity index is 2.07. The predicted octanol–water partition coefficient (Wildman–Crippen LogP) is 1.20. The average Bonchev–Trinajstić information content (AvgIpc) is 2.63. The van der Waals surface area contributed by atoms with Crippen LogP contribution in [0.4, 0.5) is 0 Å². The quantitative estimate of drug-likeness (QED) is 0.708. The topological polar surface area (TPSA) is 54.2 Å². The van der Waals surface area contributed by atoms with Crippen LogP contribution in [0, 0.1) is 6.92 Å². The van der Waals surface area contributed by atoms with E-state index in [-0.39, 0.29) is 0 Å². The molecule has 0 spiro atoms. The number of aromatic nitrogens is 2. The van der Waals surface area contributed by atoms with Crippen LogP contribution in [-0.2, 0) is 6.54 Å². The lowest BCUT2D eigenvalue weighted by Gasteiger charge is -2.20. The summed E-state index contributed by atoms with van der Waals surface area (Å²) < 4.78 is 4.62. The summed E-state index contributed by atoms with van der Waals surface area (Å²) in [6.07, 6.45) is 1.14. The van der Waals surface area contributed by atoms with Gasteiger partial charge in [-0.1, -0.05) is 10.3 Å². The molecule has 1 aromatic rings. The van der Waals surface area contributed by atoms with Gasteiger partial charge in [-0.25, -0.2) is 4.63 Å². The number of nitrogens with one attached hydrogen (secondary N) is 1. The van der Waals surface area contributed by atoms with Crippen molar-refractivity contribution in [3.05, 3.63) is 11.4 Å². The van der Waals surface area contributed by atoms with E-state index in [4.69, 9.17) is 0 Å². The molecule has 0 radical (unpaired) electrons. The highest BCUT2D eigenvalue weighted by molar-refractivity contribution is 5.03. The summed E-state index contributed by atoms with van der Waals surface area (Å²) in [4.78, 5) is 2.34. The molecule has 0 atom stereocenters. The Labute approximate surface area is 97.2 Å². The first-order valence-electron chi connectivity index (χ1n) is 5.80. The molecule has 1 N–H and O–H groups in total. The maximum atomic E-state index is 4.62. The van der Waals surface area contributed by atoms with Gasteiger partial charge in [0.1, 0.15) is 11.4 Å². The van der Waals surface area contributed by atoms with Gasteiger partial charge in [0, 0.05) is 12.6 Å². The maximum absolute atomic E-state index is 4.62. The molecule has 1 aromatic heterocycles. The third-order valence-electron chi connectivity index (χ3n) is 2.78. The van der Waals surface area contributed by atoms with Crippen molar-refractivity contribution in [3.8, 4) is 0 Å². The van der Waals surface area contributed by atoms with E-state index in [1.807, 2.05) is 6.92 Å². The van der Waals surface area contributed by atoms with Crippen LogP contribution in [0.2, 0.25) is 0 Å². The van der Waals surface area contributed by atoms with Crippen LogP contribution in [0.25, 0.3) is 0 Å². The summed E-state index contributed by atoms with van der Waals surface area (Å²) in [6, 6.07) is 0.613. The second-order valence-electron chi connectivity index (χ2n) is 4.40. The van der Waals surface area contributed by atoms with Gasteiger partial charge in [-0.05, 0) is 47.3 Å². The third-order valence-corrected chi connectivity index (χ3v) is 2.78. The van der Waals surface area contributed by atoms with E-state index in [1.165, 1.54) is 0 Å². The monoisotopic (exact) mass is 226 g/mol. The van der Waals surface area contributed by atoms with Crippen molar-refractivity contribution < 1.29 is 4.63 Å². The minimum absolute atomic E-state index is 0.613. The Hall–Kier alpha value is -0.940. The van der Waals surface area contributed by atoms with Crippen LogP contribution >= 0.6 is 0 Å². The zero-order chi connectivity index (χ0) is 12.0. The van der Waals surface area contributed by atoms with E-state index in [2.05, 4.69) is 46.1 Å². The summed E-state index contributed by atoms with van der Waals surface area (Å²) in [6.45, 7) is 9.15. The van der Waals surface area contributed by atoms with E-state index in [0.717, 1.165) is 37.4 Å². The third kappa shape index (κ3) is 4.28. The molecular weight excluding hydrogens is 204 g/mol. The van der Waals surface area contributed by atoms with Crippen LogP contribution < -0.4 is 5.32 Å². The lowest BCUT2D eigenvalue weighted by atomic mass is 10.3. The number of nitrogens with zero attached hydrogens (tertiary/aromatic N) is 3. The molecule has 0 aliphatic carbocycles. The molecular formula is C11H22N4O. The molecule has 5 heteroatoms. The summed E-state index contributed by atoms with van der Waals surface area (Å²) in [7, 11) is 2.15. The van der Waals surface area contributed by atoms with E-state index < -0.39 is 0 Å². The fourth-order valence-electron chi connectivity index (χ4n) is 1.33. The predicted molar refractivity (Wildman–Crippen MR) is 63.1 cm³/mol. The van der Waals surface area contributed by atoms with Crippen LogP contribution in [-0.4, -0.2) is 41.4 Å². The fraction of sp³-hybridized carbons (Fsp3) is 0.818. The van der Waals surface area contributed by atoms with Crippen molar-refractivity contribution in [2.45, 2.75) is 39.8 Å². The van der Waals surface area contributed by atoms with Crippen LogP contribution in [0.1, 0.15) is 31.7 Å². The molecule has 92 valence electrons. The van der Waals surface area contributed by atoms with Gasteiger partial charge in [-0.15, -0.1) is 0 Å². The number of hydrogen-bond acceptors (Lipinski definition) is 5. The van der Waals surface area contributed by atoms with Gasteiger partial charge in [-0.2, -0.15) is 0 Å². The van der Waals surface area contributed by atoms with Crippen molar-refractivity contribution in [2.24, 2.45) is 0 Å². The largest absolute Gasteiger partial charge is 0.311 e. The first kappa shape index (κ1) is 13.1. The molecule has 0 aliphatic heterocycles. The van der Waals surface area contributed by atoms with Crippen molar-refractivity contribution in [2.75, 3.05) is 20.1 Å². The highest BCUT2D eigenvalue weighted by Crippen LogP contribution is 1.99. The average molecular weight is 226 g/mol. The highest BCUT2D eigenvalue weighted by Gasteiger charge is 2.04. The second-order valence-corrected chi connectivity index (χ2v) is 4.40. The zero-order valence-corrected chi connectivity index (χ0v) is 10.7. The van der Waals surface area contributed by atoms with E-state index in [9.17, 15) is 0 Å². The molecule has 0 bridgehead atoms. The zero-order valence-electron chi connectivity index (χ0n) is 10.7. The van der Waals surface area contributed by atoms with E-state index in [1.54, 1.807) is 0 Å². The second kappa shape index (κ2) is 6.60. The maximum Gasteiger partial charge on any atom is 0.121 e. The van der Waals surface area contributed by atoms with E-state index >= 15 is 0 Å². The SMILES string of the molecule is Cc1nonc1CNCCCN(C)C(C)C. The molecule has 5 nitrogen and oxygen atoms in total. The van der Waals surface area contributed by atoms with Gasteiger partial charge in [0.15, 0.2) is 0 Å².